The molecule has 2 saturated heterocycles. The van der Waals surface area contributed by atoms with Gasteiger partial charge in [-0.15, -0.1) is 0 Å². The van der Waals surface area contributed by atoms with Gasteiger partial charge in [-0.05, 0) is 42.9 Å². The van der Waals surface area contributed by atoms with E-state index in [0.29, 0.717) is 32.0 Å². The Balaban J connectivity index is 1.41. The van der Waals surface area contributed by atoms with Gasteiger partial charge in [-0.2, -0.15) is 13.2 Å². The molecular formula is C22H34F3N5. The summed E-state index contributed by atoms with van der Waals surface area (Å²) in [4.78, 5) is 8.18. The lowest BCUT2D eigenvalue weighted by Crippen LogP contribution is -2.44. The van der Waals surface area contributed by atoms with Crippen molar-refractivity contribution in [2.24, 2.45) is 10.9 Å². The van der Waals surface area contributed by atoms with Crippen LogP contribution in [-0.4, -0.2) is 67.7 Å². The molecule has 5 nitrogen and oxygen atoms in total. The molecule has 2 N–H and O–H groups in total. The largest absolute Gasteiger partial charge is 0.401 e. The fourth-order valence-electron chi connectivity index (χ4n) is 4.37. The molecule has 2 unspecified atom stereocenters. The zero-order valence-electron chi connectivity index (χ0n) is 18.0. The number of likely N-dealkylation sites (tertiary alicyclic amines) is 2. The maximum Gasteiger partial charge on any atom is 0.401 e. The highest BCUT2D eigenvalue weighted by Gasteiger charge is 2.34. The van der Waals surface area contributed by atoms with Gasteiger partial charge in [0.1, 0.15) is 0 Å². The Morgan fingerprint density at radius 2 is 1.80 bits per heavy atom. The van der Waals surface area contributed by atoms with Crippen molar-refractivity contribution in [3.63, 3.8) is 0 Å². The Bertz CT molecular complexity index is 689. The summed E-state index contributed by atoms with van der Waals surface area (Å²) >= 11 is 0. The summed E-state index contributed by atoms with van der Waals surface area (Å²) in [5.74, 6) is 1.40. The SMILES string of the molecule is CN=C(NCc1ccc(CN2CCCC(C)C2)cc1)NC1CCN(CC(F)(F)F)C1. The zero-order valence-corrected chi connectivity index (χ0v) is 18.0. The molecule has 2 aliphatic heterocycles. The third-order valence-corrected chi connectivity index (χ3v) is 5.87. The van der Waals surface area contributed by atoms with E-state index >= 15 is 0 Å². The average Bonchev–Trinajstić information content (AvgIpc) is 3.11. The molecular weight excluding hydrogens is 391 g/mol. The molecule has 1 aromatic carbocycles. The van der Waals surface area contributed by atoms with Crippen LogP contribution in [0.15, 0.2) is 29.3 Å². The number of alkyl halides is 3. The van der Waals surface area contributed by atoms with Crippen LogP contribution < -0.4 is 10.6 Å². The normalized spacial score (nSPS) is 24.2. The number of aliphatic imine (C=N–C) groups is 1. The van der Waals surface area contributed by atoms with Gasteiger partial charge in [0.25, 0.3) is 0 Å². The van der Waals surface area contributed by atoms with Crippen LogP contribution in [0.5, 0.6) is 0 Å². The smallest absolute Gasteiger partial charge is 0.352 e. The molecule has 1 aromatic rings. The zero-order chi connectivity index (χ0) is 21.6. The molecule has 168 valence electrons. The number of halogens is 3. The number of benzene rings is 1. The Labute approximate surface area is 177 Å². The fraction of sp³-hybridized carbons (Fsp3) is 0.682. The third kappa shape index (κ3) is 7.47. The first-order valence-electron chi connectivity index (χ1n) is 10.9. The summed E-state index contributed by atoms with van der Waals surface area (Å²) in [6.45, 7) is 6.28. The molecule has 2 aliphatic rings. The van der Waals surface area contributed by atoms with Gasteiger partial charge in [0.2, 0.25) is 0 Å². The molecule has 0 aliphatic carbocycles. The van der Waals surface area contributed by atoms with Crippen LogP contribution in [0, 0.1) is 5.92 Å². The van der Waals surface area contributed by atoms with Crippen LogP contribution in [0.1, 0.15) is 37.3 Å². The highest BCUT2D eigenvalue weighted by atomic mass is 19.4. The molecule has 0 amide bonds. The number of nitrogens with zero attached hydrogens (tertiary/aromatic N) is 3. The minimum Gasteiger partial charge on any atom is -0.352 e. The van der Waals surface area contributed by atoms with Crippen LogP contribution in [0.4, 0.5) is 13.2 Å². The first kappa shape index (κ1) is 22.9. The van der Waals surface area contributed by atoms with Crippen molar-refractivity contribution in [2.45, 2.75) is 51.5 Å². The van der Waals surface area contributed by atoms with E-state index in [0.717, 1.165) is 18.0 Å². The Morgan fingerprint density at radius 3 is 2.47 bits per heavy atom. The van der Waals surface area contributed by atoms with Crippen molar-refractivity contribution in [3.05, 3.63) is 35.4 Å². The summed E-state index contributed by atoms with van der Waals surface area (Å²) in [7, 11) is 1.68. The van der Waals surface area contributed by atoms with Gasteiger partial charge in [-0.3, -0.25) is 14.8 Å². The fourth-order valence-corrected chi connectivity index (χ4v) is 4.37. The molecule has 0 bridgehead atoms. The maximum atomic E-state index is 12.5. The molecule has 2 atom stereocenters. The molecule has 2 fully saturated rings. The Hall–Kier alpha value is -1.80. The molecule has 30 heavy (non-hydrogen) atoms. The summed E-state index contributed by atoms with van der Waals surface area (Å²) in [6, 6.07) is 8.59. The number of hydrogen-bond donors (Lipinski definition) is 2. The number of piperidine rings is 1. The molecule has 0 spiro atoms. The van der Waals surface area contributed by atoms with E-state index in [1.807, 2.05) is 0 Å². The molecule has 0 radical (unpaired) electrons. The third-order valence-electron chi connectivity index (χ3n) is 5.87. The van der Waals surface area contributed by atoms with E-state index in [1.165, 1.54) is 36.4 Å². The molecule has 8 heteroatoms. The second-order valence-corrected chi connectivity index (χ2v) is 8.71. The van der Waals surface area contributed by atoms with E-state index < -0.39 is 12.7 Å². The van der Waals surface area contributed by atoms with E-state index in [2.05, 4.69) is 51.7 Å². The lowest BCUT2D eigenvalue weighted by atomic mass is 9.99. The number of rotatable bonds is 6. The topological polar surface area (TPSA) is 42.9 Å². The Morgan fingerprint density at radius 1 is 1.07 bits per heavy atom. The van der Waals surface area contributed by atoms with Crippen LogP contribution >= 0.6 is 0 Å². The van der Waals surface area contributed by atoms with Crippen LogP contribution in [0.2, 0.25) is 0 Å². The van der Waals surface area contributed by atoms with Gasteiger partial charge in [-0.1, -0.05) is 31.2 Å². The van der Waals surface area contributed by atoms with E-state index in [9.17, 15) is 13.2 Å². The average molecular weight is 426 g/mol. The summed E-state index contributed by atoms with van der Waals surface area (Å²) < 4.78 is 37.6. The van der Waals surface area contributed by atoms with Crippen molar-refractivity contribution in [1.82, 2.24) is 20.4 Å². The van der Waals surface area contributed by atoms with Gasteiger partial charge < -0.3 is 10.6 Å². The van der Waals surface area contributed by atoms with Crippen LogP contribution in [0.25, 0.3) is 0 Å². The lowest BCUT2D eigenvalue weighted by molar-refractivity contribution is -0.143. The predicted octanol–water partition coefficient (Wildman–Crippen LogP) is 3.22. The first-order chi connectivity index (χ1) is 14.3. The minimum absolute atomic E-state index is 0.0205. The second kappa shape index (κ2) is 10.5. The van der Waals surface area contributed by atoms with E-state index in [4.69, 9.17) is 0 Å². The van der Waals surface area contributed by atoms with Crippen LogP contribution in [-0.2, 0) is 13.1 Å². The van der Waals surface area contributed by atoms with Gasteiger partial charge in [0.15, 0.2) is 5.96 Å². The number of guanidine groups is 1. The van der Waals surface area contributed by atoms with Crippen molar-refractivity contribution >= 4 is 5.96 Å². The van der Waals surface area contributed by atoms with E-state index in [-0.39, 0.29) is 6.04 Å². The highest BCUT2D eigenvalue weighted by molar-refractivity contribution is 5.80. The molecule has 2 heterocycles. The molecule has 0 saturated carbocycles. The van der Waals surface area contributed by atoms with E-state index in [1.54, 1.807) is 7.05 Å². The van der Waals surface area contributed by atoms with Gasteiger partial charge in [-0.25, -0.2) is 0 Å². The van der Waals surface area contributed by atoms with Crippen molar-refractivity contribution in [3.8, 4) is 0 Å². The quantitative estimate of drug-likeness (QED) is 0.543. The van der Waals surface area contributed by atoms with Crippen LogP contribution in [0.3, 0.4) is 0 Å². The maximum absolute atomic E-state index is 12.5. The van der Waals surface area contributed by atoms with Gasteiger partial charge >= 0.3 is 6.18 Å². The minimum atomic E-state index is -4.15. The summed E-state index contributed by atoms with van der Waals surface area (Å²) in [5.41, 5.74) is 2.48. The van der Waals surface area contributed by atoms with Crippen molar-refractivity contribution in [1.29, 1.82) is 0 Å². The lowest BCUT2D eigenvalue weighted by Gasteiger charge is -2.30. The molecule has 0 aromatic heterocycles. The van der Waals surface area contributed by atoms with Crippen molar-refractivity contribution < 1.29 is 13.2 Å². The predicted molar refractivity (Wildman–Crippen MR) is 114 cm³/mol. The Kier molecular flexibility index (Phi) is 7.99. The summed E-state index contributed by atoms with van der Waals surface area (Å²) in [6.07, 6.45) is -0.851. The molecule has 3 rings (SSSR count). The van der Waals surface area contributed by atoms with Crippen molar-refractivity contribution in [2.75, 3.05) is 39.8 Å². The summed E-state index contributed by atoms with van der Waals surface area (Å²) in [5, 5.41) is 6.51. The first-order valence-corrected chi connectivity index (χ1v) is 10.9. The van der Waals surface area contributed by atoms with Gasteiger partial charge in [0.05, 0.1) is 6.54 Å². The standard InChI is InChI=1S/C22H34F3N5/c1-17-4-3-10-29(13-17)14-19-7-5-18(6-8-19)12-27-21(26-2)28-20-9-11-30(15-20)16-22(23,24)25/h5-8,17,20H,3-4,9-16H2,1-2H3,(H2,26,27,28). The highest BCUT2D eigenvalue weighted by Crippen LogP contribution is 2.20. The number of hydrogen-bond acceptors (Lipinski definition) is 3. The second-order valence-electron chi connectivity index (χ2n) is 8.71. The number of nitrogens with one attached hydrogen (secondary N) is 2. The monoisotopic (exact) mass is 425 g/mol. The van der Waals surface area contributed by atoms with Gasteiger partial charge in [0, 0.05) is 45.8 Å².